The molecule has 8 rings (SSSR count). The summed E-state index contributed by atoms with van der Waals surface area (Å²) in [5.74, 6) is 1.17. The lowest BCUT2D eigenvalue weighted by Gasteiger charge is -2.31. The van der Waals surface area contributed by atoms with Gasteiger partial charge in [0.15, 0.2) is 0 Å². The van der Waals surface area contributed by atoms with Crippen molar-refractivity contribution in [3.63, 3.8) is 0 Å². The highest BCUT2D eigenvalue weighted by molar-refractivity contribution is 6.98. The van der Waals surface area contributed by atoms with Crippen LogP contribution in [0.25, 0.3) is 65.3 Å². The summed E-state index contributed by atoms with van der Waals surface area (Å²) in [5.41, 5.74) is 11.4. The first kappa shape index (κ1) is 53.6. The average Bonchev–Trinajstić information content (AvgIpc) is 3.42. The number of benzene rings is 8. The van der Waals surface area contributed by atoms with E-state index in [9.17, 15) is 20.4 Å². The van der Waals surface area contributed by atoms with Crippen molar-refractivity contribution in [2.75, 3.05) is 0 Å². The Bertz CT molecular complexity index is 2890. The van der Waals surface area contributed by atoms with Gasteiger partial charge in [-0.3, -0.25) is 0 Å². The highest BCUT2D eigenvalue weighted by Gasteiger charge is 2.38. The van der Waals surface area contributed by atoms with Crippen LogP contribution in [-0.4, -0.2) is 52.7 Å². The number of aromatic hydroxyl groups is 4. The average molecular weight is 1020 g/mol. The number of hydrogen-bond donors (Lipinski definition) is 4. The van der Waals surface area contributed by atoms with Crippen molar-refractivity contribution >= 4 is 96.1 Å². The van der Waals surface area contributed by atoms with Gasteiger partial charge in [-0.2, -0.15) is 0 Å². The largest absolute Gasteiger partial charge is 0.507 e. The second kappa shape index (κ2) is 21.9. The molecule has 0 saturated heterocycles. The Labute approximate surface area is 433 Å². The summed E-state index contributed by atoms with van der Waals surface area (Å²) < 4.78 is 0. The molecule has 8 heteroatoms. The van der Waals surface area contributed by atoms with Crippen LogP contribution < -0.4 is 20.7 Å². The van der Waals surface area contributed by atoms with Crippen LogP contribution in [0.1, 0.15) is 55.4 Å². The molecule has 0 aliphatic carbocycles. The summed E-state index contributed by atoms with van der Waals surface area (Å²) >= 11 is 0. The van der Waals surface area contributed by atoms with Gasteiger partial charge in [0.05, 0.1) is 0 Å². The van der Waals surface area contributed by atoms with E-state index < -0.39 is 32.3 Å². The third-order valence-electron chi connectivity index (χ3n) is 17.3. The third kappa shape index (κ3) is 8.74. The molecule has 4 nitrogen and oxygen atoms in total. The lowest BCUT2D eigenvalue weighted by molar-refractivity contribution is 0.474. The van der Waals surface area contributed by atoms with Crippen LogP contribution in [0.15, 0.2) is 170 Å². The van der Waals surface area contributed by atoms with Crippen LogP contribution in [0.3, 0.4) is 0 Å². The first-order valence-corrected chi connectivity index (χ1v) is 36.3. The molecule has 0 unspecified atom stereocenters. The summed E-state index contributed by atoms with van der Waals surface area (Å²) in [7, 11) is -8.60. The van der Waals surface area contributed by atoms with Crippen molar-refractivity contribution in [2.45, 2.75) is 104 Å². The van der Waals surface area contributed by atoms with Gasteiger partial charge in [-0.1, -0.05) is 248 Å². The van der Waals surface area contributed by atoms with Crippen molar-refractivity contribution in [1.29, 1.82) is 0 Å². The SMILES string of the molecule is C=C[Si](CC)(CC)c1cc2ccccc2c(-c2c(O)c([Si](C=C)(CC)CC)cc3ccccc23)c1O.C=C[Si](CC)(CC)c1cc2ccccc2c(-c2c(O)c([Si](C=C)(CC)CC)cc3ccccc23)c1O. The Morgan fingerprint density at radius 3 is 0.625 bits per heavy atom. The van der Waals surface area contributed by atoms with Gasteiger partial charge in [0.25, 0.3) is 0 Å². The molecule has 0 amide bonds. The van der Waals surface area contributed by atoms with Crippen LogP contribution in [0, 0.1) is 0 Å². The molecule has 72 heavy (non-hydrogen) atoms. The van der Waals surface area contributed by atoms with Crippen molar-refractivity contribution in [3.8, 4) is 45.3 Å². The van der Waals surface area contributed by atoms with Crippen LogP contribution in [0.2, 0.25) is 48.4 Å². The maximum atomic E-state index is 12.1. The summed E-state index contributed by atoms with van der Waals surface area (Å²) in [5, 5.41) is 60.5. The van der Waals surface area contributed by atoms with Crippen LogP contribution in [0.5, 0.6) is 23.0 Å². The van der Waals surface area contributed by atoms with Crippen molar-refractivity contribution < 1.29 is 20.4 Å². The molecule has 0 fully saturated rings. The highest BCUT2D eigenvalue weighted by Crippen LogP contribution is 2.47. The molecule has 4 N–H and O–H groups in total. The first-order chi connectivity index (χ1) is 34.7. The highest BCUT2D eigenvalue weighted by atomic mass is 28.3. The molecule has 0 saturated carbocycles. The fourth-order valence-electron chi connectivity index (χ4n) is 12.0. The van der Waals surface area contributed by atoms with Crippen molar-refractivity contribution in [2.24, 2.45) is 0 Å². The van der Waals surface area contributed by atoms with Gasteiger partial charge >= 0.3 is 0 Å². The van der Waals surface area contributed by atoms with Gasteiger partial charge in [-0.25, -0.2) is 0 Å². The van der Waals surface area contributed by atoms with Crippen molar-refractivity contribution in [1.82, 2.24) is 0 Å². The zero-order chi connectivity index (χ0) is 52.2. The Morgan fingerprint density at radius 1 is 0.306 bits per heavy atom. The topological polar surface area (TPSA) is 80.9 Å². The molecule has 0 bridgehead atoms. The molecule has 0 heterocycles. The van der Waals surface area contributed by atoms with Gasteiger partial charge in [-0.05, 0) is 63.8 Å². The number of rotatable bonds is 18. The van der Waals surface area contributed by atoms with Gasteiger partial charge in [0.2, 0.25) is 0 Å². The molecule has 8 aromatic rings. The van der Waals surface area contributed by atoms with Crippen molar-refractivity contribution in [3.05, 3.63) is 170 Å². The number of phenols is 4. The maximum Gasteiger partial charge on any atom is 0.123 e. The Morgan fingerprint density at radius 2 is 0.472 bits per heavy atom. The molecule has 0 aliphatic heterocycles. The predicted octanol–water partition coefficient (Wildman–Crippen LogP) is 15.8. The molecule has 0 atom stereocenters. The smallest absolute Gasteiger partial charge is 0.123 e. The van der Waals surface area contributed by atoms with E-state index in [2.05, 4.69) is 177 Å². The fraction of sp³-hybridized carbons (Fsp3) is 0.250. The molecule has 0 radical (unpaired) electrons. The maximum absolute atomic E-state index is 12.1. The van der Waals surface area contributed by atoms with Crippen LogP contribution in [0.4, 0.5) is 0 Å². The van der Waals surface area contributed by atoms with E-state index in [1.54, 1.807) is 0 Å². The van der Waals surface area contributed by atoms with Gasteiger partial charge in [0, 0.05) is 22.3 Å². The minimum Gasteiger partial charge on any atom is -0.507 e. The minimum atomic E-state index is -2.15. The van der Waals surface area contributed by atoms with E-state index in [0.717, 1.165) is 134 Å². The molecular formula is C64H76O4Si4. The summed E-state index contributed by atoms with van der Waals surface area (Å²) in [4.78, 5) is 0. The summed E-state index contributed by atoms with van der Waals surface area (Å²) in [6.07, 6.45) is 0. The third-order valence-corrected chi connectivity index (χ3v) is 36.4. The summed E-state index contributed by atoms with van der Waals surface area (Å²) in [6, 6.07) is 49.2. The Balaban J connectivity index is 0.000000211. The number of hydrogen-bond acceptors (Lipinski definition) is 4. The number of fused-ring (bicyclic) bond motifs is 4. The van der Waals surface area contributed by atoms with Gasteiger partial charge < -0.3 is 20.4 Å². The second-order valence-corrected chi connectivity index (χ2v) is 38.4. The zero-order valence-electron chi connectivity index (χ0n) is 44.1. The fourth-order valence-corrected chi connectivity index (χ4v) is 24.4. The molecule has 372 valence electrons. The minimum absolute atomic E-state index is 0.292. The van der Waals surface area contributed by atoms with E-state index in [4.69, 9.17) is 0 Å². The van der Waals surface area contributed by atoms with E-state index >= 15 is 0 Å². The van der Waals surface area contributed by atoms with Gasteiger partial charge in [-0.15, -0.1) is 26.3 Å². The molecular weight excluding hydrogens is 945 g/mol. The first-order valence-electron chi connectivity index (χ1n) is 26.3. The number of phenolic OH excluding ortho intramolecular Hbond substituents is 4. The predicted molar refractivity (Wildman–Crippen MR) is 327 cm³/mol. The van der Waals surface area contributed by atoms with E-state index in [1.807, 2.05) is 48.5 Å². The monoisotopic (exact) mass is 1020 g/mol. The van der Waals surface area contributed by atoms with E-state index in [-0.39, 0.29) is 0 Å². The molecule has 0 aliphatic rings. The molecule has 0 aromatic heterocycles. The van der Waals surface area contributed by atoms with E-state index in [0.29, 0.717) is 23.0 Å². The summed E-state index contributed by atoms with van der Waals surface area (Å²) in [6.45, 7) is 34.5. The normalized spacial score (nSPS) is 12.2. The van der Waals surface area contributed by atoms with E-state index in [1.165, 1.54) is 0 Å². The van der Waals surface area contributed by atoms with Gasteiger partial charge in [0.1, 0.15) is 55.3 Å². The Kier molecular flexibility index (Phi) is 16.3. The zero-order valence-corrected chi connectivity index (χ0v) is 48.1. The van der Waals surface area contributed by atoms with Crippen LogP contribution >= 0.6 is 0 Å². The lowest BCUT2D eigenvalue weighted by atomic mass is 9.92. The standard InChI is InChI=1S/2C32H38O2Si2/c2*1-7-35(8-2,9-3)27-21-23-17-13-15-19-25(23)29(31(27)33)30-26-20-16-14-18-24(26)22-28(32(30)34)36(10-4,11-5)12-6/h2*7,10,13-22,33-34H,1,4,8-9,11-12H2,2-3,5-6H3. The van der Waals surface area contributed by atoms with Crippen LogP contribution in [-0.2, 0) is 0 Å². The molecule has 0 spiro atoms. The molecule has 8 aromatic carbocycles. The quantitative estimate of drug-likeness (QED) is 0.0646. The Hall–Kier alpha value is -6.17. The lowest BCUT2D eigenvalue weighted by Crippen LogP contribution is -2.45. The second-order valence-electron chi connectivity index (χ2n) is 19.7.